The van der Waals surface area contributed by atoms with Gasteiger partial charge in [0.1, 0.15) is 0 Å². The van der Waals surface area contributed by atoms with Crippen LogP contribution in [0.15, 0.2) is 18.2 Å². The second-order valence-corrected chi connectivity index (χ2v) is 6.05. The molecule has 1 aromatic rings. The molecule has 0 bridgehead atoms. The molecule has 0 spiro atoms. The Hall–Kier alpha value is -1.22. The average molecular weight is 282 g/mol. The summed E-state index contributed by atoms with van der Waals surface area (Å²) in [5.74, 6) is 0.434. The van der Waals surface area contributed by atoms with Crippen molar-refractivity contribution in [2.45, 2.75) is 39.2 Å². The first-order valence-electron chi connectivity index (χ1n) is 6.76. The van der Waals surface area contributed by atoms with Gasteiger partial charge in [0, 0.05) is 11.7 Å². The van der Waals surface area contributed by atoms with Gasteiger partial charge in [0.25, 0.3) is 0 Å². The van der Waals surface area contributed by atoms with Gasteiger partial charge in [-0.2, -0.15) is 0 Å². The third kappa shape index (κ3) is 3.41. The molecule has 1 saturated carbocycles. The van der Waals surface area contributed by atoms with Crippen molar-refractivity contribution in [3.63, 3.8) is 0 Å². The van der Waals surface area contributed by atoms with Crippen molar-refractivity contribution in [1.82, 2.24) is 0 Å². The van der Waals surface area contributed by atoms with Gasteiger partial charge in [0.15, 0.2) is 0 Å². The number of carboxylic acid groups (broad SMARTS) is 1. The maximum atomic E-state index is 10.9. The van der Waals surface area contributed by atoms with Crippen LogP contribution < -0.4 is 5.32 Å². The summed E-state index contributed by atoms with van der Waals surface area (Å²) in [6.45, 7) is 4.56. The monoisotopic (exact) mass is 281 g/mol. The van der Waals surface area contributed by atoms with Crippen molar-refractivity contribution < 1.29 is 9.90 Å². The molecule has 2 N–H and O–H groups in total. The second kappa shape index (κ2) is 5.83. The maximum absolute atomic E-state index is 10.9. The zero-order valence-corrected chi connectivity index (χ0v) is 12.1. The number of rotatable bonds is 3. The minimum absolute atomic E-state index is 0.150. The molecule has 2 rings (SSSR count). The molecule has 0 aromatic heterocycles. The zero-order chi connectivity index (χ0) is 14.0. The highest BCUT2D eigenvalue weighted by Crippen LogP contribution is 2.31. The van der Waals surface area contributed by atoms with Gasteiger partial charge in [-0.3, -0.25) is 0 Å². The molecule has 3 atom stereocenters. The van der Waals surface area contributed by atoms with Gasteiger partial charge in [0.2, 0.25) is 0 Å². The van der Waals surface area contributed by atoms with E-state index in [-0.39, 0.29) is 10.6 Å². The van der Waals surface area contributed by atoms with E-state index in [9.17, 15) is 4.79 Å². The highest BCUT2D eigenvalue weighted by Gasteiger charge is 2.25. The fraction of sp³-hybridized carbons (Fsp3) is 0.533. The fourth-order valence-corrected chi connectivity index (χ4v) is 3.13. The Kier molecular flexibility index (Phi) is 4.35. The van der Waals surface area contributed by atoms with Gasteiger partial charge in [0.05, 0.1) is 10.6 Å². The van der Waals surface area contributed by atoms with Crippen LogP contribution in [0.1, 0.15) is 43.5 Å². The van der Waals surface area contributed by atoms with E-state index >= 15 is 0 Å². The molecule has 1 fully saturated rings. The van der Waals surface area contributed by atoms with Crippen LogP contribution in [0.5, 0.6) is 0 Å². The van der Waals surface area contributed by atoms with Crippen molar-refractivity contribution in [1.29, 1.82) is 0 Å². The minimum Gasteiger partial charge on any atom is -0.478 e. The molecule has 104 valence electrons. The van der Waals surface area contributed by atoms with Gasteiger partial charge in [-0.15, -0.1) is 0 Å². The van der Waals surface area contributed by atoms with Crippen LogP contribution in [-0.4, -0.2) is 17.1 Å². The zero-order valence-electron chi connectivity index (χ0n) is 11.3. The van der Waals surface area contributed by atoms with Crippen molar-refractivity contribution >= 4 is 23.3 Å². The van der Waals surface area contributed by atoms with Crippen molar-refractivity contribution in [3.8, 4) is 0 Å². The van der Waals surface area contributed by atoms with E-state index in [2.05, 4.69) is 19.2 Å². The first-order valence-corrected chi connectivity index (χ1v) is 7.14. The Morgan fingerprint density at radius 1 is 1.37 bits per heavy atom. The summed E-state index contributed by atoms with van der Waals surface area (Å²) in [4.78, 5) is 10.9. The van der Waals surface area contributed by atoms with Gasteiger partial charge in [-0.1, -0.05) is 25.4 Å². The van der Waals surface area contributed by atoms with Gasteiger partial charge in [-0.05, 0) is 49.3 Å². The van der Waals surface area contributed by atoms with Crippen LogP contribution in [0, 0.1) is 11.8 Å². The lowest BCUT2D eigenvalue weighted by atomic mass is 9.80. The number of hydrogen-bond donors (Lipinski definition) is 2. The van der Waals surface area contributed by atoms with E-state index in [1.54, 1.807) is 18.2 Å². The third-order valence-corrected chi connectivity index (χ3v) is 4.30. The predicted molar refractivity (Wildman–Crippen MR) is 78.0 cm³/mol. The van der Waals surface area contributed by atoms with Crippen molar-refractivity contribution in [2.24, 2.45) is 11.8 Å². The first-order chi connectivity index (χ1) is 8.97. The molecule has 0 aliphatic heterocycles. The largest absolute Gasteiger partial charge is 0.478 e. The van der Waals surface area contributed by atoms with E-state index in [0.29, 0.717) is 12.0 Å². The number of carbonyl (C=O) groups is 1. The van der Waals surface area contributed by atoms with E-state index in [1.807, 2.05) is 0 Å². The van der Waals surface area contributed by atoms with Crippen LogP contribution >= 0.6 is 11.6 Å². The second-order valence-electron chi connectivity index (χ2n) is 5.65. The molecule has 0 radical (unpaired) electrons. The summed E-state index contributed by atoms with van der Waals surface area (Å²) in [5, 5.41) is 12.7. The van der Waals surface area contributed by atoms with E-state index < -0.39 is 5.97 Å². The molecule has 3 unspecified atom stereocenters. The van der Waals surface area contributed by atoms with Crippen LogP contribution in [-0.2, 0) is 0 Å². The summed E-state index contributed by atoms with van der Waals surface area (Å²) >= 11 is 5.98. The highest BCUT2D eigenvalue weighted by molar-refractivity contribution is 6.33. The first kappa shape index (κ1) is 14.2. The number of nitrogens with one attached hydrogen (secondary N) is 1. The quantitative estimate of drug-likeness (QED) is 0.870. The Labute approximate surface area is 119 Å². The summed E-state index contributed by atoms with van der Waals surface area (Å²) in [6.07, 6.45) is 3.63. The molecule has 19 heavy (non-hydrogen) atoms. The van der Waals surface area contributed by atoms with E-state index in [1.165, 1.54) is 12.8 Å². The molecule has 3 nitrogen and oxygen atoms in total. The molecule has 1 aliphatic rings. The SMILES string of the molecule is CC1CCC(Nc2ccc(C(=O)O)c(Cl)c2)C(C)C1. The molecule has 1 aromatic carbocycles. The molecule has 1 aliphatic carbocycles. The standard InChI is InChI=1S/C15H20ClNO2/c1-9-3-6-14(10(2)7-9)17-11-4-5-12(15(18)19)13(16)8-11/h4-5,8-10,14,17H,3,6-7H2,1-2H3,(H,18,19). The summed E-state index contributed by atoms with van der Waals surface area (Å²) in [5.41, 5.74) is 1.05. The Bertz CT molecular complexity index is 475. The molecule has 0 heterocycles. The van der Waals surface area contributed by atoms with Crippen LogP contribution in [0.4, 0.5) is 5.69 Å². The Morgan fingerprint density at radius 3 is 2.68 bits per heavy atom. The number of halogens is 1. The molecule has 0 amide bonds. The number of aromatic carboxylic acids is 1. The number of anilines is 1. The number of benzene rings is 1. The van der Waals surface area contributed by atoms with E-state index in [4.69, 9.17) is 16.7 Å². The lowest BCUT2D eigenvalue weighted by molar-refractivity contribution is 0.0697. The molecule has 0 saturated heterocycles. The van der Waals surface area contributed by atoms with Crippen LogP contribution in [0.25, 0.3) is 0 Å². The Morgan fingerprint density at radius 2 is 2.11 bits per heavy atom. The molecular formula is C15H20ClNO2. The molecule has 4 heteroatoms. The van der Waals surface area contributed by atoms with Gasteiger partial charge >= 0.3 is 5.97 Å². The smallest absolute Gasteiger partial charge is 0.337 e. The summed E-state index contributed by atoms with van der Waals surface area (Å²) in [6, 6.07) is 5.50. The lowest BCUT2D eigenvalue weighted by Gasteiger charge is -2.33. The highest BCUT2D eigenvalue weighted by atomic mass is 35.5. The van der Waals surface area contributed by atoms with Crippen LogP contribution in [0.2, 0.25) is 5.02 Å². The molecular weight excluding hydrogens is 262 g/mol. The maximum Gasteiger partial charge on any atom is 0.337 e. The van der Waals surface area contributed by atoms with Crippen molar-refractivity contribution in [3.05, 3.63) is 28.8 Å². The predicted octanol–water partition coefficient (Wildman–Crippen LogP) is 4.27. The topological polar surface area (TPSA) is 49.3 Å². The van der Waals surface area contributed by atoms with Crippen LogP contribution in [0.3, 0.4) is 0 Å². The van der Waals surface area contributed by atoms with Gasteiger partial charge < -0.3 is 10.4 Å². The number of carboxylic acids is 1. The summed E-state index contributed by atoms with van der Waals surface area (Å²) in [7, 11) is 0. The number of hydrogen-bond acceptors (Lipinski definition) is 2. The average Bonchev–Trinajstić information content (AvgIpc) is 2.32. The minimum atomic E-state index is -0.989. The lowest BCUT2D eigenvalue weighted by Crippen LogP contribution is -2.33. The van der Waals surface area contributed by atoms with E-state index in [0.717, 1.165) is 18.0 Å². The summed E-state index contributed by atoms with van der Waals surface area (Å²) < 4.78 is 0. The third-order valence-electron chi connectivity index (χ3n) is 3.98. The van der Waals surface area contributed by atoms with Gasteiger partial charge in [-0.25, -0.2) is 4.79 Å². The Balaban J connectivity index is 2.07. The normalized spacial score (nSPS) is 27.0. The van der Waals surface area contributed by atoms with Crippen molar-refractivity contribution in [2.75, 3.05) is 5.32 Å². The fourth-order valence-electron chi connectivity index (χ4n) is 2.87.